The molecule has 0 heterocycles. The quantitative estimate of drug-likeness (QED) is 0.804. The molecule has 3 nitrogen and oxygen atoms in total. The third-order valence-corrected chi connectivity index (χ3v) is 3.62. The van der Waals surface area contributed by atoms with Crippen molar-refractivity contribution < 1.29 is 4.79 Å². The van der Waals surface area contributed by atoms with Gasteiger partial charge in [-0.3, -0.25) is 4.79 Å². The van der Waals surface area contributed by atoms with Crippen LogP contribution < -0.4 is 11.1 Å². The molecule has 2 rings (SSSR count). The summed E-state index contributed by atoms with van der Waals surface area (Å²) in [4.78, 5) is 12.4. The number of halogens is 2. The van der Waals surface area contributed by atoms with Crippen molar-refractivity contribution in [3.05, 3.63) is 63.1 Å². The average molecular weight is 370 g/mol. The van der Waals surface area contributed by atoms with Crippen LogP contribution in [0.3, 0.4) is 0 Å². The lowest BCUT2D eigenvalue weighted by Gasteiger charge is -2.08. The van der Waals surface area contributed by atoms with Gasteiger partial charge in [-0.2, -0.15) is 0 Å². The van der Waals surface area contributed by atoms with E-state index in [2.05, 4.69) is 21.2 Å². The number of amides is 1. The van der Waals surface area contributed by atoms with Gasteiger partial charge in [-0.25, -0.2) is 0 Å². The largest absolute Gasteiger partial charge is 0.389 e. The Bertz CT molecular complexity index is 691. The number of anilines is 1. The Kier molecular flexibility index (Phi) is 4.75. The Morgan fingerprint density at radius 3 is 2.65 bits per heavy atom. The van der Waals surface area contributed by atoms with Gasteiger partial charge in [0, 0.05) is 15.7 Å². The fourth-order valence-electron chi connectivity index (χ4n) is 1.62. The average Bonchev–Trinajstić information content (AvgIpc) is 2.38. The third-order valence-electron chi connectivity index (χ3n) is 2.58. The zero-order chi connectivity index (χ0) is 14.7. The lowest BCUT2D eigenvalue weighted by atomic mass is 10.1. The van der Waals surface area contributed by atoms with E-state index in [4.69, 9.17) is 29.6 Å². The summed E-state index contributed by atoms with van der Waals surface area (Å²) in [5, 5.41) is 3.14. The minimum atomic E-state index is -0.289. The van der Waals surface area contributed by atoms with Crippen LogP contribution in [0, 0.1) is 0 Å². The summed E-state index contributed by atoms with van der Waals surface area (Å²) in [6.07, 6.45) is 0. The van der Waals surface area contributed by atoms with Crippen molar-refractivity contribution in [3.63, 3.8) is 0 Å². The Labute approximate surface area is 135 Å². The molecule has 0 aliphatic rings. The van der Waals surface area contributed by atoms with Gasteiger partial charge in [0.15, 0.2) is 0 Å². The number of thiocarbonyl (C=S) groups is 1. The monoisotopic (exact) mass is 368 g/mol. The molecule has 102 valence electrons. The molecular formula is C14H10BrClN2OS. The summed E-state index contributed by atoms with van der Waals surface area (Å²) < 4.78 is 0.814. The maximum Gasteiger partial charge on any atom is 0.257 e. The summed E-state index contributed by atoms with van der Waals surface area (Å²) >= 11 is 14.2. The van der Waals surface area contributed by atoms with E-state index in [1.165, 1.54) is 0 Å². The first kappa shape index (κ1) is 15.0. The molecule has 0 bridgehead atoms. The van der Waals surface area contributed by atoms with Crippen molar-refractivity contribution in [2.24, 2.45) is 5.73 Å². The van der Waals surface area contributed by atoms with Crippen LogP contribution in [-0.2, 0) is 0 Å². The highest BCUT2D eigenvalue weighted by Crippen LogP contribution is 2.22. The van der Waals surface area contributed by atoms with Gasteiger partial charge in [-0.1, -0.05) is 51.9 Å². The van der Waals surface area contributed by atoms with Crippen LogP contribution in [0.25, 0.3) is 0 Å². The number of rotatable bonds is 3. The molecule has 0 atom stereocenters. The van der Waals surface area contributed by atoms with Crippen molar-refractivity contribution >= 4 is 56.3 Å². The summed E-state index contributed by atoms with van der Waals surface area (Å²) in [6.45, 7) is 0. The summed E-state index contributed by atoms with van der Waals surface area (Å²) in [5.41, 5.74) is 7.26. The Balaban J connectivity index is 2.23. The van der Waals surface area contributed by atoms with Crippen LogP contribution in [0.2, 0.25) is 5.02 Å². The predicted molar refractivity (Wildman–Crippen MR) is 89.4 cm³/mol. The first-order valence-electron chi connectivity index (χ1n) is 5.63. The second-order valence-corrected chi connectivity index (χ2v) is 5.79. The molecule has 20 heavy (non-hydrogen) atoms. The fraction of sp³-hybridized carbons (Fsp3) is 0. The number of benzene rings is 2. The Morgan fingerprint density at radius 2 is 2.00 bits per heavy atom. The second-order valence-electron chi connectivity index (χ2n) is 4.02. The van der Waals surface area contributed by atoms with Crippen LogP contribution in [0.15, 0.2) is 46.9 Å². The van der Waals surface area contributed by atoms with E-state index in [1.807, 2.05) is 0 Å². The Morgan fingerprint density at radius 1 is 1.25 bits per heavy atom. The van der Waals surface area contributed by atoms with Gasteiger partial charge < -0.3 is 11.1 Å². The van der Waals surface area contributed by atoms with Crippen LogP contribution in [0.4, 0.5) is 5.69 Å². The van der Waals surface area contributed by atoms with E-state index in [9.17, 15) is 4.79 Å². The van der Waals surface area contributed by atoms with Gasteiger partial charge in [0.2, 0.25) is 0 Å². The van der Waals surface area contributed by atoms with E-state index < -0.39 is 0 Å². The highest BCUT2D eigenvalue weighted by Gasteiger charge is 2.11. The number of carbonyl (C=O) groups excluding carboxylic acids is 1. The lowest BCUT2D eigenvalue weighted by molar-refractivity contribution is 0.102. The molecule has 6 heteroatoms. The van der Waals surface area contributed by atoms with Crippen molar-refractivity contribution in [1.82, 2.24) is 0 Å². The molecule has 0 aliphatic carbocycles. The van der Waals surface area contributed by atoms with E-state index in [1.54, 1.807) is 42.5 Å². The van der Waals surface area contributed by atoms with E-state index in [-0.39, 0.29) is 10.9 Å². The van der Waals surface area contributed by atoms with Crippen LogP contribution in [0.1, 0.15) is 15.9 Å². The molecule has 2 aromatic rings. The van der Waals surface area contributed by atoms with Crippen LogP contribution >= 0.6 is 39.7 Å². The number of hydrogen-bond acceptors (Lipinski definition) is 2. The van der Waals surface area contributed by atoms with Crippen molar-refractivity contribution in [2.75, 3.05) is 5.32 Å². The van der Waals surface area contributed by atoms with E-state index in [0.717, 1.165) is 4.47 Å². The lowest BCUT2D eigenvalue weighted by Crippen LogP contribution is -2.14. The highest BCUT2D eigenvalue weighted by molar-refractivity contribution is 9.10. The molecule has 0 aromatic heterocycles. The molecule has 0 unspecified atom stereocenters. The zero-order valence-electron chi connectivity index (χ0n) is 10.2. The highest BCUT2D eigenvalue weighted by atomic mass is 79.9. The first-order chi connectivity index (χ1) is 9.47. The number of hydrogen-bond donors (Lipinski definition) is 2. The number of carbonyl (C=O) groups is 1. The van der Waals surface area contributed by atoms with Crippen molar-refractivity contribution in [3.8, 4) is 0 Å². The molecule has 0 spiro atoms. The molecule has 0 aliphatic heterocycles. The molecule has 3 N–H and O–H groups in total. The van der Waals surface area contributed by atoms with Crippen LogP contribution in [0.5, 0.6) is 0 Å². The molecule has 0 radical (unpaired) electrons. The second kappa shape index (κ2) is 6.35. The van der Waals surface area contributed by atoms with E-state index >= 15 is 0 Å². The van der Waals surface area contributed by atoms with Gasteiger partial charge in [0.05, 0.1) is 10.6 Å². The molecule has 0 saturated heterocycles. The fourth-order valence-corrected chi connectivity index (χ4v) is 2.51. The minimum absolute atomic E-state index is 0.280. The van der Waals surface area contributed by atoms with Gasteiger partial charge >= 0.3 is 0 Å². The topological polar surface area (TPSA) is 55.1 Å². The van der Waals surface area contributed by atoms with E-state index in [0.29, 0.717) is 21.8 Å². The zero-order valence-corrected chi connectivity index (χ0v) is 13.3. The molecule has 1 amide bonds. The summed E-state index contributed by atoms with van der Waals surface area (Å²) in [6, 6.07) is 12.1. The van der Waals surface area contributed by atoms with Crippen molar-refractivity contribution in [1.29, 1.82) is 0 Å². The van der Waals surface area contributed by atoms with Gasteiger partial charge in [0.25, 0.3) is 5.91 Å². The molecule has 0 saturated carbocycles. The summed E-state index contributed by atoms with van der Waals surface area (Å²) in [5.74, 6) is -0.289. The minimum Gasteiger partial charge on any atom is -0.389 e. The molecular weight excluding hydrogens is 360 g/mol. The molecule has 2 aromatic carbocycles. The third kappa shape index (κ3) is 3.56. The maximum absolute atomic E-state index is 12.2. The number of nitrogens with two attached hydrogens (primary N) is 1. The molecule has 0 fully saturated rings. The van der Waals surface area contributed by atoms with Crippen LogP contribution in [-0.4, -0.2) is 10.9 Å². The van der Waals surface area contributed by atoms with Crippen molar-refractivity contribution in [2.45, 2.75) is 0 Å². The maximum atomic E-state index is 12.2. The van der Waals surface area contributed by atoms with Gasteiger partial charge in [-0.15, -0.1) is 0 Å². The summed E-state index contributed by atoms with van der Waals surface area (Å²) in [7, 11) is 0. The predicted octanol–water partition coefficient (Wildman–Crippen LogP) is 3.99. The standard InChI is InChI=1S/C14H10BrClN2OS/c15-9-4-5-11(12(16)7-9)14(19)18-10-3-1-2-8(6-10)13(17)20/h1-7H,(H2,17,20)(H,18,19). The van der Waals surface area contributed by atoms with Gasteiger partial charge in [-0.05, 0) is 30.3 Å². The van der Waals surface area contributed by atoms with Gasteiger partial charge in [0.1, 0.15) is 4.99 Å². The smallest absolute Gasteiger partial charge is 0.257 e. The normalized spacial score (nSPS) is 10.1. The first-order valence-corrected chi connectivity index (χ1v) is 7.21. The number of nitrogens with one attached hydrogen (secondary N) is 1. The SMILES string of the molecule is NC(=S)c1cccc(NC(=O)c2ccc(Br)cc2Cl)c1. The Hall–Kier alpha value is -1.43.